The molecule has 0 radical (unpaired) electrons. The van der Waals surface area contributed by atoms with Gasteiger partial charge in [0.25, 0.3) is 5.91 Å². The topological polar surface area (TPSA) is 88.2 Å². The molecular weight excluding hydrogens is 338 g/mol. The van der Waals surface area contributed by atoms with Gasteiger partial charge in [-0.15, -0.1) is 0 Å². The van der Waals surface area contributed by atoms with E-state index in [1.54, 1.807) is 30.0 Å². The summed E-state index contributed by atoms with van der Waals surface area (Å²) in [6.45, 7) is 2.98. The van der Waals surface area contributed by atoms with E-state index >= 15 is 0 Å². The Morgan fingerprint density at radius 2 is 2.04 bits per heavy atom. The Balaban J connectivity index is 2.10. The average molecular weight is 363 g/mol. The summed E-state index contributed by atoms with van der Waals surface area (Å²) in [6.07, 6.45) is -0.530. The standard InChI is InChI=1S/C18H25N3O5/c1-12-18(24)21(10-9-20(2)3)14-6-5-13(11-15(14)26-12)19-16(22)7-8-17(23)25-4/h5-6,11-12H,7-10H2,1-4H3,(H,19,22). The van der Waals surface area contributed by atoms with Gasteiger partial charge in [-0.3, -0.25) is 14.4 Å². The molecule has 1 heterocycles. The molecule has 0 spiro atoms. The first-order chi connectivity index (χ1) is 12.3. The second-order valence-electron chi connectivity index (χ2n) is 6.36. The molecule has 0 saturated heterocycles. The molecule has 0 fully saturated rings. The molecule has 0 aromatic heterocycles. The Bertz CT molecular complexity index is 689. The summed E-state index contributed by atoms with van der Waals surface area (Å²) in [5.41, 5.74) is 1.23. The van der Waals surface area contributed by atoms with E-state index < -0.39 is 12.1 Å². The summed E-state index contributed by atoms with van der Waals surface area (Å²) >= 11 is 0. The zero-order valence-corrected chi connectivity index (χ0v) is 15.6. The molecule has 2 rings (SSSR count). The van der Waals surface area contributed by atoms with Crippen LogP contribution in [0.4, 0.5) is 11.4 Å². The summed E-state index contributed by atoms with van der Waals surface area (Å²) in [5, 5.41) is 2.72. The SMILES string of the molecule is COC(=O)CCC(=O)Nc1ccc2c(c1)OC(C)C(=O)N2CCN(C)C. The Kier molecular flexibility index (Phi) is 6.57. The molecule has 0 saturated carbocycles. The predicted molar refractivity (Wildman–Crippen MR) is 97.3 cm³/mol. The maximum atomic E-state index is 12.4. The Morgan fingerprint density at radius 1 is 1.31 bits per heavy atom. The molecule has 1 aliphatic rings. The fourth-order valence-corrected chi connectivity index (χ4v) is 2.56. The highest BCUT2D eigenvalue weighted by atomic mass is 16.5. The highest BCUT2D eigenvalue weighted by Gasteiger charge is 2.31. The Hall–Kier alpha value is -2.61. The van der Waals surface area contributed by atoms with Crippen LogP contribution in [0.1, 0.15) is 19.8 Å². The third-order valence-corrected chi connectivity index (χ3v) is 4.01. The number of anilines is 2. The van der Waals surface area contributed by atoms with Crippen molar-refractivity contribution in [3.8, 4) is 5.75 Å². The summed E-state index contributed by atoms with van der Waals surface area (Å²) in [6, 6.07) is 5.16. The van der Waals surface area contributed by atoms with Crippen molar-refractivity contribution in [1.82, 2.24) is 4.90 Å². The van der Waals surface area contributed by atoms with Gasteiger partial charge >= 0.3 is 5.97 Å². The van der Waals surface area contributed by atoms with Crippen molar-refractivity contribution in [2.45, 2.75) is 25.9 Å². The summed E-state index contributed by atoms with van der Waals surface area (Å²) in [7, 11) is 5.18. The number of likely N-dealkylation sites (N-methyl/N-ethyl adjacent to an activating group) is 1. The normalized spacial score (nSPS) is 16.1. The molecule has 1 aromatic rings. The monoisotopic (exact) mass is 363 g/mol. The number of nitrogens with zero attached hydrogens (tertiary/aromatic N) is 2. The van der Waals surface area contributed by atoms with E-state index in [1.807, 2.05) is 19.0 Å². The number of carbonyl (C=O) groups is 3. The molecule has 1 aliphatic heterocycles. The second kappa shape index (κ2) is 8.66. The molecule has 1 atom stereocenters. The van der Waals surface area contributed by atoms with Crippen molar-refractivity contribution in [1.29, 1.82) is 0 Å². The minimum atomic E-state index is -0.588. The van der Waals surface area contributed by atoms with Gasteiger partial charge in [0, 0.05) is 31.3 Å². The highest BCUT2D eigenvalue weighted by molar-refractivity contribution is 6.00. The molecule has 142 valence electrons. The van der Waals surface area contributed by atoms with Crippen molar-refractivity contribution >= 4 is 29.2 Å². The highest BCUT2D eigenvalue weighted by Crippen LogP contribution is 2.36. The maximum Gasteiger partial charge on any atom is 0.306 e. The lowest BCUT2D eigenvalue weighted by atomic mass is 10.1. The van der Waals surface area contributed by atoms with Crippen LogP contribution < -0.4 is 15.0 Å². The van der Waals surface area contributed by atoms with Gasteiger partial charge in [-0.2, -0.15) is 0 Å². The van der Waals surface area contributed by atoms with E-state index in [9.17, 15) is 14.4 Å². The zero-order valence-electron chi connectivity index (χ0n) is 15.6. The van der Waals surface area contributed by atoms with Gasteiger partial charge in [0.05, 0.1) is 19.2 Å². The number of rotatable bonds is 7. The van der Waals surface area contributed by atoms with Gasteiger partial charge in [0.15, 0.2) is 6.10 Å². The van der Waals surface area contributed by atoms with Crippen molar-refractivity contribution in [2.75, 3.05) is 44.5 Å². The van der Waals surface area contributed by atoms with E-state index in [-0.39, 0.29) is 24.7 Å². The molecule has 0 aliphatic carbocycles. The fourth-order valence-electron chi connectivity index (χ4n) is 2.56. The molecule has 26 heavy (non-hydrogen) atoms. The molecular formula is C18H25N3O5. The van der Waals surface area contributed by atoms with E-state index in [2.05, 4.69) is 10.1 Å². The number of fused-ring (bicyclic) bond motifs is 1. The minimum Gasteiger partial charge on any atom is -0.479 e. The van der Waals surface area contributed by atoms with E-state index in [0.717, 1.165) is 6.54 Å². The van der Waals surface area contributed by atoms with E-state index in [0.29, 0.717) is 23.7 Å². The third kappa shape index (κ3) is 4.95. The van der Waals surface area contributed by atoms with Crippen molar-refractivity contribution in [2.24, 2.45) is 0 Å². The van der Waals surface area contributed by atoms with Crippen LogP contribution in [-0.4, -0.2) is 63.1 Å². The molecule has 1 N–H and O–H groups in total. The van der Waals surface area contributed by atoms with Crippen LogP contribution in [0.5, 0.6) is 5.75 Å². The van der Waals surface area contributed by atoms with Crippen molar-refractivity contribution in [3.05, 3.63) is 18.2 Å². The van der Waals surface area contributed by atoms with E-state index in [4.69, 9.17) is 4.74 Å². The molecule has 8 nitrogen and oxygen atoms in total. The van der Waals surface area contributed by atoms with Gasteiger partial charge in [-0.1, -0.05) is 0 Å². The third-order valence-electron chi connectivity index (χ3n) is 4.01. The van der Waals surface area contributed by atoms with Gasteiger partial charge in [-0.25, -0.2) is 0 Å². The first-order valence-corrected chi connectivity index (χ1v) is 8.45. The minimum absolute atomic E-state index is 0.0215. The largest absolute Gasteiger partial charge is 0.479 e. The van der Waals surface area contributed by atoms with Crippen LogP contribution in [0.25, 0.3) is 0 Å². The van der Waals surface area contributed by atoms with Gasteiger partial charge < -0.3 is 24.6 Å². The molecule has 1 aromatic carbocycles. The van der Waals surface area contributed by atoms with Crippen LogP contribution in [0.3, 0.4) is 0 Å². The average Bonchev–Trinajstić information content (AvgIpc) is 2.60. The summed E-state index contributed by atoms with van der Waals surface area (Å²) in [4.78, 5) is 39.2. The number of hydrogen-bond donors (Lipinski definition) is 1. The van der Waals surface area contributed by atoms with E-state index in [1.165, 1.54) is 7.11 Å². The number of ether oxygens (including phenoxy) is 2. The number of methoxy groups -OCH3 is 1. The van der Waals surface area contributed by atoms with Crippen LogP contribution in [0.15, 0.2) is 18.2 Å². The molecule has 1 unspecified atom stereocenters. The lowest BCUT2D eigenvalue weighted by molar-refractivity contribution is -0.141. The smallest absolute Gasteiger partial charge is 0.306 e. The zero-order chi connectivity index (χ0) is 19.3. The Morgan fingerprint density at radius 3 is 2.69 bits per heavy atom. The predicted octanol–water partition coefficient (Wildman–Crippen LogP) is 1.25. The van der Waals surface area contributed by atoms with Crippen molar-refractivity contribution in [3.63, 3.8) is 0 Å². The first-order valence-electron chi connectivity index (χ1n) is 8.45. The lowest BCUT2D eigenvalue weighted by Gasteiger charge is -2.34. The second-order valence-corrected chi connectivity index (χ2v) is 6.36. The summed E-state index contributed by atoms with van der Waals surface area (Å²) < 4.78 is 10.2. The summed E-state index contributed by atoms with van der Waals surface area (Å²) in [5.74, 6) is -0.270. The van der Waals surface area contributed by atoms with Crippen LogP contribution in [-0.2, 0) is 19.1 Å². The number of esters is 1. The number of benzene rings is 1. The molecule has 2 amide bonds. The van der Waals surface area contributed by atoms with Crippen LogP contribution >= 0.6 is 0 Å². The lowest BCUT2D eigenvalue weighted by Crippen LogP contribution is -2.46. The number of nitrogens with one attached hydrogen (secondary N) is 1. The number of amides is 2. The van der Waals surface area contributed by atoms with Gasteiger partial charge in [-0.05, 0) is 33.2 Å². The molecule has 0 bridgehead atoms. The quantitative estimate of drug-likeness (QED) is 0.734. The first kappa shape index (κ1) is 19.7. The van der Waals surface area contributed by atoms with Gasteiger partial charge in [0.2, 0.25) is 5.91 Å². The van der Waals surface area contributed by atoms with Crippen LogP contribution in [0.2, 0.25) is 0 Å². The number of carbonyl (C=O) groups excluding carboxylic acids is 3. The maximum absolute atomic E-state index is 12.4. The Labute approximate surface area is 153 Å². The van der Waals surface area contributed by atoms with Gasteiger partial charge in [0.1, 0.15) is 5.75 Å². The molecule has 8 heteroatoms. The fraction of sp³-hybridized carbons (Fsp3) is 0.500. The van der Waals surface area contributed by atoms with Crippen molar-refractivity contribution < 1.29 is 23.9 Å². The van der Waals surface area contributed by atoms with Crippen LogP contribution in [0, 0.1) is 0 Å². The number of hydrogen-bond acceptors (Lipinski definition) is 6.